The summed E-state index contributed by atoms with van der Waals surface area (Å²) < 4.78 is 0. The molecule has 13 heavy (non-hydrogen) atoms. The Bertz CT molecular complexity index is 258. The number of nitrogens with two attached hydrogens (primary N) is 1. The minimum absolute atomic E-state index is 0.0258. The van der Waals surface area contributed by atoms with Crippen LogP contribution in [0.3, 0.4) is 0 Å². The van der Waals surface area contributed by atoms with Gasteiger partial charge >= 0.3 is 0 Å². The highest BCUT2D eigenvalue weighted by atomic mass is 16.3. The molecule has 0 aliphatic heterocycles. The van der Waals surface area contributed by atoms with Crippen LogP contribution in [0.25, 0.3) is 0 Å². The normalized spacial score (nSPS) is 15.3. The molecule has 0 spiro atoms. The molecule has 0 aliphatic rings. The van der Waals surface area contributed by atoms with Crippen LogP contribution >= 0.6 is 0 Å². The lowest BCUT2D eigenvalue weighted by molar-refractivity contribution is 0.252. The number of hydrogen-bond donors (Lipinski definition) is 3. The lowest BCUT2D eigenvalue weighted by Gasteiger charge is -2.17. The zero-order chi connectivity index (χ0) is 9.84. The second kappa shape index (κ2) is 4.25. The van der Waals surface area contributed by atoms with Crippen molar-refractivity contribution < 1.29 is 10.2 Å². The number of rotatable bonds is 3. The van der Waals surface area contributed by atoms with Crippen molar-refractivity contribution in [2.24, 2.45) is 5.73 Å². The lowest BCUT2D eigenvalue weighted by Crippen LogP contribution is -2.30. The van der Waals surface area contributed by atoms with Gasteiger partial charge in [-0.25, -0.2) is 0 Å². The summed E-state index contributed by atoms with van der Waals surface area (Å²) in [5, 5.41) is 17.9. The maximum absolute atomic E-state index is 9.05. The molecule has 1 aromatic rings. The third-order valence-corrected chi connectivity index (χ3v) is 2.27. The van der Waals surface area contributed by atoms with E-state index in [9.17, 15) is 0 Å². The van der Waals surface area contributed by atoms with Crippen LogP contribution in [0.15, 0.2) is 24.3 Å². The van der Waals surface area contributed by atoms with Crippen molar-refractivity contribution in [1.82, 2.24) is 0 Å². The molecule has 0 saturated carbocycles. The van der Waals surface area contributed by atoms with Gasteiger partial charge < -0.3 is 15.9 Å². The van der Waals surface area contributed by atoms with Gasteiger partial charge in [-0.2, -0.15) is 0 Å². The Labute approximate surface area is 77.8 Å². The molecule has 0 radical (unpaired) electrons. The average molecular weight is 181 g/mol. The van der Waals surface area contributed by atoms with E-state index >= 15 is 0 Å². The molecule has 3 nitrogen and oxygen atoms in total. The van der Waals surface area contributed by atoms with Gasteiger partial charge in [-0.05, 0) is 23.6 Å². The first-order valence-electron chi connectivity index (χ1n) is 4.30. The summed E-state index contributed by atoms with van der Waals surface area (Å²) in [7, 11) is 0. The Morgan fingerprint density at radius 1 is 1.31 bits per heavy atom. The number of benzene rings is 1. The molecule has 2 unspecified atom stereocenters. The molecule has 0 bridgehead atoms. The number of aromatic hydroxyl groups is 1. The number of phenolic OH excluding ortho intramolecular Hbond substituents is 1. The molecule has 0 saturated heterocycles. The van der Waals surface area contributed by atoms with Crippen molar-refractivity contribution in [3.8, 4) is 5.75 Å². The number of aliphatic hydroxyl groups is 1. The third kappa shape index (κ3) is 2.44. The Morgan fingerprint density at radius 2 is 1.85 bits per heavy atom. The standard InChI is InChI=1S/C10H15NO2/c1-7(10(11)6-12)8-2-4-9(13)5-3-8/h2-5,7,10,12-13H,6,11H2,1H3. The summed E-state index contributed by atoms with van der Waals surface area (Å²) in [4.78, 5) is 0. The van der Waals surface area contributed by atoms with Crippen LogP contribution in [0.2, 0.25) is 0 Å². The van der Waals surface area contributed by atoms with Crippen LogP contribution in [0.4, 0.5) is 0 Å². The van der Waals surface area contributed by atoms with E-state index in [2.05, 4.69) is 0 Å². The predicted molar refractivity (Wildman–Crippen MR) is 51.6 cm³/mol. The third-order valence-electron chi connectivity index (χ3n) is 2.27. The summed E-state index contributed by atoms with van der Waals surface area (Å²) >= 11 is 0. The Hall–Kier alpha value is -1.06. The van der Waals surface area contributed by atoms with Crippen LogP contribution in [0.1, 0.15) is 18.4 Å². The second-order valence-electron chi connectivity index (χ2n) is 3.23. The van der Waals surface area contributed by atoms with Gasteiger partial charge in [0.1, 0.15) is 5.75 Å². The maximum Gasteiger partial charge on any atom is 0.115 e. The average Bonchev–Trinajstić information content (AvgIpc) is 2.17. The van der Waals surface area contributed by atoms with E-state index < -0.39 is 0 Å². The summed E-state index contributed by atoms with van der Waals surface area (Å²) in [5.74, 6) is 0.346. The molecule has 3 heteroatoms. The lowest BCUT2D eigenvalue weighted by atomic mass is 9.94. The van der Waals surface area contributed by atoms with Gasteiger partial charge in [0.2, 0.25) is 0 Å². The molecule has 1 aromatic carbocycles. The van der Waals surface area contributed by atoms with Crippen molar-refractivity contribution >= 4 is 0 Å². The number of hydrogen-bond acceptors (Lipinski definition) is 3. The summed E-state index contributed by atoms with van der Waals surface area (Å²) in [5.41, 5.74) is 6.70. The van der Waals surface area contributed by atoms with Crippen molar-refractivity contribution in [3.05, 3.63) is 29.8 Å². The predicted octanol–water partition coefficient (Wildman–Crippen LogP) is 0.815. The smallest absolute Gasteiger partial charge is 0.115 e. The molecule has 0 aliphatic carbocycles. The zero-order valence-electron chi connectivity index (χ0n) is 7.64. The highest BCUT2D eigenvalue weighted by molar-refractivity contribution is 5.28. The molecule has 0 aromatic heterocycles. The van der Waals surface area contributed by atoms with Crippen LogP contribution in [0.5, 0.6) is 5.75 Å². The van der Waals surface area contributed by atoms with E-state index in [4.69, 9.17) is 15.9 Å². The number of aliphatic hydroxyl groups excluding tert-OH is 1. The van der Waals surface area contributed by atoms with Crippen molar-refractivity contribution in [3.63, 3.8) is 0 Å². The van der Waals surface area contributed by atoms with E-state index in [0.717, 1.165) is 5.56 Å². The Balaban J connectivity index is 2.77. The van der Waals surface area contributed by atoms with E-state index in [1.54, 1.807) is 12.1 Å². The minimum atomic E-state index is -0.246. The summed E-state index contributed by atoms with van der Waals surface area (Å²) in [6, 6.07) is 6.63. The first kappa shape index (κ1) is 10.0. The topological polar surface area (TPSA) is 66.5 Å². The quantitative estimate of drug-likeness (QED) is 0.646. The largest absolute Gasteiger partial charge is 0.508 e. The fraction of sp³-hybridized carbons (Fsp3) is 0.400. The highest BCUT2D eigenvalue weighted by Gasteiger charge is 2.13. The van der Waals surface area contributed by atoms with Crippen molar-refractivity contribution in [2.75, 3.05) is 6.61 Å². The van der Waals surface area contributed by atoms with Gasteiger partial charge in [-0.1, -0.05) is 19.1 Å². The molecule has 2 atom stereocenters. The van der Waals surface area contributed by atoms with E-state index in [-0.39, 0.29) is 24.3 Å². The van der Waals surface area contributed by atoms with E-state index in [0.29, 0.717) is 0 Å². The van der Waals surface area contributed by atoms with Crippen LogP contribution in [0, 0.1) is 0 Å². The van der Waals surface area contributed by atoms with Crippen LogP contribution in [-0.2, 0) is 0 Å². The Kier molecular flexibility index (Phi) is 3.28. The van der Waals surface area contributed by atoms with Crippen LogP contribution in [-0.4, -0.2) is 22.9 Å². The second-order valence-corrected chi connectivity index (χ2v) is 3.23. The fourth-order valence-corrected chi connectivity index (χ4v) is 1.18. The molecule has 0 fully saturated rings. The Morgan fingerprint density at radius 3 is 2.31 bits per heavy atom. The monoisotopic (exact) mass is 181 g/mol. The van der Waals surface area contributed by atoms with Crippen molar-refractivity contribution in [1.29, 1.82) is 0 Å². The molecule has 0 amide bonds. The maximum atomic E-state index is 9.05. The van der Waals surface area contributed by atoms with Gasteiger partial charge in [0.25, 0.3) is 0 Å². The SMILES string of the molecule is CC(c1ccc(O)cc1)C(N)CO. The first-order chi connectivity index (χ1) is 6.15. The minimum Gasteiger partial charge on any atom is -0.508 e. The van der Waals surface area contributed by atoms with Gasteiger partial charge in [0, 0.05) is 6.04 Å². The molecule has 0 heterocycles. The molecule has 72 valence electrons. The fourth-order valence-electron chi connectivity index (χ4n) is 1.18. The van der Waals surface area contributed by atoms with Crippen molar-refractivity contribution in [2.45, 2.75) is 18.9 Å². The van der Waals surface area contributed by atoms with Crippen LogP contribution < -0.4 is 5.73 Å². The highest BCUT2D eigenvalue weighted by Crippen LogP contribution is 2.20. The summed E-state index contributed by atoms with van der Waals surface area (Å²) in [6.07, 6.45) is 0. The van der Waals surface area contributed by atoms with E-state index in [1.165, 1.54) is 0 Å². The summed E-state index contributed by atoms with van der Waals surface area (Å²) in [6.45, 7) is 1.93. The molecule has 4 N–H and O–H groups in total. The molecular weight excluding hydrogens is 166 g/mol. The van der Waals surface area contributed by atoms with E-state index in [1.807, 2.05) is 19.1 Å². The van der Waals surface area contributed by atoms with Gasteiger partial charge in [-0.3, -0.25) is 0 Å². The molecule has 1 rings (SSSR count). The first-order valence-corrected chi connectivity index (χ1v) is 4.30. The van der Waals surface area contributed by atoms with Gasteiger partial charge in [0.15, 0.2) is 0 Å². The zero-order valence-corrected chi connectivity index (χ0v) is 7.64. The van der Waals surface area contributed by atoms with Gasteiger partial charge in [-0.15, -0.1) is 0 Å². The molecular formula is C10H15NO2. The number of phenols is 1. The van der Waals surface area contributed by atoms with Gasteiger partial charge in [0.05, 0.1) is 6.61 Å².